The molecule has 0 aromatic rings. The Morgan fingerprint density at radius 3 is 2.17 bits per heavy atom. The van der Waals surface area contributed by atoms with Crippen molar-refractivity contribution in [3.63, 3.8) is 0 Å². The summed E-state index contributed by atoms with van der Waals surface area (Å²) in [5.41, 5.74) is 0. The van der Waals surface area contributed by atoms with Crippen LogP contribution in [0, 0.1) is 0 Å². The molecule has 2 N–H and O–H groups in total. The fraction of sp³-hybridized carbons (Fsp3) is 0.882. The summed E-state index contributed by atoms with van der Waals surface area (Å²) in [6, 6.07) is 0.749. The lowest BCUT2D eigenvalue weighted by molar-refractivity contribution is -0.128. The van der Waals surface area contributed by atoms with E-state index in [9.17, 15) is 9.59 Å². The van der Waals surface area contributed by atoms with E-state index >= 15 is 0 Å². The molecule has 1 aliphatic heterocycles. The summed E-state index contributed by atoms with van der Waals surface area (Å²) in [5.74, 6) is 0.310. The molecule has 3 aliphatic rings. The van der Waals surface area contributed by atoms with Crippen LogP contribution in [-0.2, 0) is 9.59 Å². The molecule has 23 heavy (non-hydrogen) atoms. The Labute approximate surface area is 139 Å². The first-order valence-electron chi connectivity index (χ1n) is 9.18. The van der Waals surface area contributed by atoms with Gasteiger partial charge in [-0.25, -0.2) is 0 Å². The van der Waals surface area contributed by atoms with Crippen LogP contribution < -0.4 is 10.6 Å². The quantitative estimate of drug-likeness (QED) is 0.740. The zero-order chi connectivity index (χ0) is 16.2. The first-order chi connectivity index (χ1) is 11.1. The van der Waals surface area contributed by atoms with Crippen LogP contribution in [0.25, 0.3) is 0 Å². The lowest BCUT2D eigenvalue weighted by Crippen LogP contribution is -2.55. The Balaban J connectivity index is 1.37. The van der Waals surface area contributed by atoms with E-state index in [1.807, 2.05) is 6.92 Å². The monoisotopic (exact) mass is 322 g/mol. The van der Waals surface area contributed by atoms with E-state index in [4.69, 9.17) is 0 Å². The van der Waals surface area contributed by atoms with Crippen molar-refractivity contribution in [2.75, 3.05) is 32.7 Å². The van der Waals surface area contributed by atoms with E-state index in [0.717, 1.165) is 51.9 Å². The van der Waals surface area contributed by atoms with Crippen molar-refractivity contribution < 1.29 is 9.59 Å². The minimum atomic E-state index is -0.0713. The van der Waals surface area contributed by atoms with Crippen LogP contribution in [0.5, 0.6) is 0 Å². The summed E-state index contributed by atoms with van der Waals surface area (Å²) < 4.78 is 0. The number of nitrogens with zero attached hydrogens (tertiary/aromatic N) is 2. The number of piperazine rings is 1. The van der Waals surface area contributed by atoms with Crippen LogP contribution in [-0.4, -0.2) is 72.5 Å². The van der Waals surface area contributed by atoms with Crippen LogP contribution in [0.15, 0.2) is 0 Å². The summed E-state index contributed by atoms with van der Waals surface area (Å²) in [5, 5.41) is 6.22. The lowest BCUT2D eigenvalue weighted by Gasteiger charge is -2.37. The second-order valence-corrected chi connectivity index (χ2v) is 7.32. The predicted octanol–water partition coefficient (Wildman–Crippen LogP) is 0.330. The van der Waals surface area contributed by atoms with Gasteiger partial charge in [0, 0.05) is 38.3 Å². The molecule has 0 aromatic heterocycles. The molecule has 1 heterocycles. The van der Waals surface area contributed by atoms with Gasteiger partial charge < -0.3 is 10.6 Å². The Bertz CT molecular complexity index is 424. The summed E-state index contributed by atoms with van der Waals surface area (Å²) in [7, 11) is 0. The molecule has 2 saturated carbocycles. The second-order valence-electron chi connectivity index (χ2n) is 7.32. The van der Waals surface area contributed by atoms with Crippen molar-refractivity contribution in [2.24, 2.45) is 0 Å². The van der Waals surface area contributed by atoms with Crippen molar-refractivity contribution in [1.29, 1.82) is 0 Å². The molecule has 1 saturated heterocycles. The molecule has 0 radical (unpaired) electrons. The van der Waals surface area contributed by atoms with Gasteiger partial charge in [0.1, 0.15) is 0 Å². The fourth-order valence-corrected chi connectivity index (χ4v) is 3.57. The minimum absolute atomic E-state index is 0.0713. The van der Waals surface area contributed by atoms with E-state index in [2.05, 4.69) is 20.4 Å². The maximum atomic E-state index is 12.4. The molecule has 2 amide bonds. The molecular weight excluding hydrogens is 292 g/mol. The van der Waals surface area contributed by atoms with Gasteiger partial charge in [-0.15, -0.1) is 0 Å². The molecular formula is C17H30N4O2. The largest absolute Gasteiger partial charge is 0.352 e. The van der Waals surface area contributed by atoms with Gasteiger partial charge in [-0.1, -0.05) is 12.8 Å². The average molecular weight is 322 g/mol. The lowest BCUT2D eigenvalue weighted by atomic mass is 10.2. The number of hydrogen-bond donors (Lipinski definition) is 2. The van der Waals surface area contributed by atoms with E-state index in [-0.39, 0.29) is 17.9 Å². The first-order valence-corrected chi connectivity index (χ1v) is 9.18. The fourth-order valence-electron chi connectivity index (χ4n) is 3.57. The van der Waals surface area contributed by atoms with Gasteiger partial charge >= 0.3 is 0 Å². The van der Waals surface area contributed by atoms with Crippen LogP contribution in [0.2, 0.25) is 0 Å². The highest BCUT2D eigenvalue weighted by atomic mass is 16.2. The third-order valence-corrected chi connectivity index (χ3v) is 5.35. The Morgan fingerprint density at radius 1 is 0.957 bits per heavy atom. The topological polar surface area (TPSA) is 64.7 Å². The van der Waals surface area contributed by atoms with E-state index < -0.39 is 0 Å². The van der Waals surface area contributed by atoms with E-state index in [1.54, 1.807) is 0 Å². The van der Waals surface area contributed by atoms with Gasteiger partial charge in [0.05, 0.1) is 12.6 Å². The highest BCUT2D eigenvalue weighted by Crippen LogP contribution is 2.19. The highest BCUT2D eigenvalue weighted by Gasteiger charge is 2.29. The summed E-state index contributed by atoms with van der Waals surface area (Å²) in [4.78, 5) is 28.6. The number of nitrogens with one attached hydrogen (secondary N) is 2. The molecule has 3 rings (SSSR count). The normalized spacial score (nSPS) is 25.3. The van der Waals surface area contributed by atoms with Crippen molar-refractivity contribution in [2.45, 2.75) is 63.6 Å². The van der Waals surface area contributed by atoms with Gasteiger partial charge in [-0.2, -0.15) is 0 Å². The van der Waals surface area contributed by atoms with Gasteiger partial charge in [0.15, 0.2) is 0 Å². The minimum Gasteiger partial charge on any atom is -0.352 e. The zero-order valence-corrected chi connectivity index (χ0v) is 14.2. The second kappa shape index (κ2) is 7.62. The number of rotatable bonds is 6. The Morgan fingerprint density at radius 2 is 1.57 bits per heavy atom. The molecule has 1 unspecified atom stereocenters. The Hall–Kier alpha value is -1.14. The molecule has 6 nitrogen and oxygen atoms in total. The van der Waals surface area contributed by atoms with E-state index in [0.29, 0.717) is 18.6 Å². The molecule has 1 atom stereocenters. The maximum Gasteiger partial charge on any atom is 0.237 e. The molecule has 130 valence electrons. The number of hydrogen-bond acceptors (Lipinski definition) is 4. The molecule has 2 aliphatic carbocycles. The van der Waals surface area contributed by atoms with Crippen molar-refractivity contribution in [3.05, 3.63) is 0 Å². The van der Waals surface area contributed by atoms with Crippen LogP contribution in [0.4, 0.5) is 0 Å². The number of carbonyl (C=O) groups is 2. The molecule has 0 bridgehead atoms. The predicted molar refractivity (Wildman–Crippen MR) is 89.0 cm³/mol. The third kappa shape index (κ3) is 4.91. The van der Waals surface area contributed by atoms with Crippen LogP contribution in [0.3, 0.4) is 0 Å². The number of amides is 2. The van der Waals surface area contributed by atoms with Crippen molar-refractivity contribution in [1.82, 2.24) is 20.4 Å². The summed E-state index contributed by atoms with van der Waals surface area (Å²) in [6.45, 7) is 5.93. The van der Waals surface area contributed by atoms with Gasteiger partial charge in [-0.3, -0.25) is 19.4 Å². The van der Waals surface area contributed by atoms with Gasteiger partial charge in [-0.05, 0) is 32.6 Å². The van der Waals surface area contributed by atoms with Gasteiger partial charge in [0.25, 0.3) is 0 Å². The highest BCUT2D eigenvalue weighted by molar-refractivity contribution is 5.81. The first kappa shape index (κ1) is 16.7. The molecule has 6 heteroatoms. The van der Waals surface area contributed by atoms with Crippen molar-refractivity contribution in [3.8, 4) is 0 Å². The summed E-state index contributed by atoms with van der Waals surface area (Å²) >= 11 is 0. The van der Waals surface area contributed by atoms with Gasteiger partial charge in [0.2, 0.25) is 11.8 Å². The Kier molecular flexibility index (Phi) is 5.54. The molecule has 0 spiro atoms. The molecule has 3 fully saturated rings. The number of carbonyl (C=O) groups excluding carboxylic acids is 2. The van der Waals surface area contributed by atoms with Crippen LogP contribution >= 0.6 is 0 Å². The van der Waals surface area contributed by atoms with E-state index in [1.165, 1.54) is 12.8 Å². The zero-order valence-electron chi connectivity index (χ0n) is 14.2. The van der Waals surface area contributed by atoms with Crippen LogP contribution in [0.1, 0.15) is 45.4 Å². The summed E-state index contributed by atoms with van der Waals surface area (Å²) in [6.07, 6.45) is 6.99. The average Bonchev–Trinajstić information content (AvgIpc) is 3.20. The smallest absolute Gasteiger partial charge is 0.237 e. The van der Waals surface area contributed by atoms with Crippen molar-refractivity contribution >= 4 is 11.8 Å². The maximum absolute atomic E-state index is 12.4. The standard InChI is InChI=1S/C17H30N4O2/c1-13(17(23)19-14-4-2-3-5-14)21-10-8-20(9-11-21)12-16(22)18-15-6-7-15/h13-15H,2-12H2,1H3,(H,18,22)(H,19,23). The SMILES string of the molecule is CC(C(=O)NC1CCCC1)N1CCN(CC(=O)NC2CC2)CC1. The molecule has 0 aromatic carbocycles. The third-order valence-electron chi connectivity index (χ3n) is 5.35.